The summed E-state index contributed by atoms with van der Waals surface area (Å²) >= 11 is 0. The Kier molecular flexibility index (Phi) is 5.06. The van der Waals surface area contributed by atoms with Crippen molar-refractivity contribution in [2.75, 3.05) is 18.5 Å². The third-order valence-corrected chi connectivity index (χ3v) is 5.48. The first kappa shape index (κ1) is 17.4. The van der Waals surface area contributed by atoms with Crippen LogP contribution in [0, 0.1) is 0 Å². The molecule has 0 atom stereocenters. The molecule has 2 aromatic carbocycles. The van der Waals surface area contributed by atoms with Crippen LogP contribution in [0.3, 0.4) is 0 Å². The highest BCUT2D eigenvalue weighted by molar-refractivity contribution is 7.89. The van der Waals surface area contributed by atoms with Crippen molar-refractivity contribution < 1.29 is 17.9 Å². The Morgan fingerprint density at radius 2 is 2.00 bits per heavy atom. The Morgan fingerprint density at radius 1 is 1.20 bits per heavy atom. The lowest BCUT2D eigenvalue weighted by molar-refractivity contribution is -0.115. The fraction of sp³-hybridized carbons (Fsp3) is 0.278. The smallest absolute Gasteiger partial charge is 0.240 e. The topological polar surface area (TPSA) is 84.5 Å². The summed E-state index contributed by atoms with van der Waals surface area (Å²) in [6.45, 7) is 2.44. The second kappa shape index (κ2) is 7.25. The van der Waals surface area contributed by atoms with Gasteiger partial charge >= 0.3 is 0 Å². The molecule has 0 unspecified atom stereocenters. The molecule has 1 heterocycles. The number of amides is 1. The summed E-state index contributed by atoms with van der Waals surface area (Å²) in [5, 5.41) is 2.68. The third kappa shape index (κ3) is 4.00. The van der Waals surface area contributed by atoms with Crippen LogP contribution in [0.4, 0.5) is 5.69 Å². The quantitative estimate of drug-likeness (QED) is 0.741. The highest BCUT2D eigenvalue weighted by Crippen LogP contribution is 2.25. The van der Waals surface area contributed by atoms with Gasteiger partial charge in [-0.05, 0) is 41.8 Å². The zero-order valence-electron chi connectivity index (χ0n) is 13.9. The van der Waals surface area contributed by atoms with Crippen LogP contribution >= 0.6 is 0 Å². The van der Waals surface area contributed by atoms with E-state index in [0.717, 1.165) is 17.7 Å². The molecule has 3 rings (SSSR count). The minimum Gasteiger partial charge on any atom is -0.492 e. The average Bonchev–Trinajstić information content (AvgIpc) is 2.98. The van der Waals surface area contributed by atoms with Crippen molar-refractivity contribution in [1.82, 2.24) is 4.72 Å². The largest absolute Gasteiger partial charge is 0.492 e. The number of aryl methyl sites for hydroxylation is 1. The Balaban J connectivity index is 1.59. The molecule has 0 fully saturated rings. The average molecular weight is 360 g/mol. The van der Waals surface area contributed by atoms with Gasteiger partial charge < -0.3 is 10.1 Å². The van der Waals surface area contributed by atoms with Crippen LogP contribution in [0.2, 0.25) is 0 Å². The molecule has 1 aliphatic rings. The standard InChI is InChI=1S/C18H20N2O4S/c1-2-13-5-3-4-6-17(13)24-10-9-19-25(22,23)15-7-8-16-14(11-15)12-18(21)20-16/h3-8,11,19H,2,9-10,12H2,1H3,(H,20,21). The van der Waals surface area contributed by atoms with E-state index < -0.39 is 10.0 Å². The Labute approximate surface area is 147 Å². The molecule has 6 nitrogen and oxygen atoms in total. The van der Waals surface area contributed by atoms with Crippen LogP contribution < -0.4 is 14.8 Å². The normalized spacial score (nSPS) is 13.4. The van der Waals surface area contributed by atoms with Gasteiger partial charge in [-0.25, -0.2) is 13.1 Å². The predicted octanol–water partition coefficient (Wildman–Crippen LogP) is 2.10. The van der Waals surface area contributed by atoms with E-state index in [9.17, 15) is 13.2 Å². The summed E-state index contributed by atoms with van der Waals surface area (Å²) in [4.78, 5) is 11.5. The van der Waals surface area contributed by atoms with Gasteiger partial charge in [0.25, 0.3) is 0 Å². The first-order valence-electron chi connectivity index (χ1n) is 8.13. The maximum Gasteiger partial charge on any atom is 0.240 e. The Hall–Kier alpha value is -2.38. The number of ether oxygens (including phenoxy) is 1. The number of carbonyl (C=O) groups is 1. The molecule has 0 saturated heterocycles. The molecule has 1 aliphatic heterocycles. The molecule has 132 valence electrons. The third-order valence-electron chi connectivity index (χ3n) is 4.02. The number of carbonyl (C=O) groups excluding carboxylic acids is 1. The van der Waals surface area contributed by atoms with Crippen molar-refractivity contribution in [3.05, 3.63) is 53.6 Å². The fourth-order valence-electron chi connectivity index (χ4n) is 2.73. The maximum atomic E-state index is 12.4. The van der Waals surface area contributed by atoms with Crippen molar-refractivity contribution in [2.24, 2.45) is 0 Å². The molecule has 0 aliphatic carbocycles. The molecule has 2 aromatic rings. The second-order valence-electron chi connectivity index (χ2n) is 5.75. The van der Waals surface area contributed by atoms with Crippen LogP contribution in [-0.2, 0) is 27.7 Å². The number of hydrogen-bond acceptors (Lipinski definition) is 4. The Bertz CT molecular complexity index is 894. The monoisotopic (exact) mass is 360 g/mol. The first-order valence-corrected chi connectivity index (χ1v) is 9.61. The molecule has 0 bridgehead atoms. The number of para-hydroxylation sites is 1. The number of rotatable bonds is 7. The van der Waals surface area contributed by atoms with Gasteiger partial charge in [0.2, 0.25) is 15.9 Å². The van der Waals surface area contributed by atoms with Crippen molar-refractivity contribution in [3.8, 4) is 5.75 Å². The number of hydrogen-bond donors (Lipinski definition) is 2. The van der Waals surface area contributed by atoms with Gasteiger partial charge in [0.15, 0.2) is 0 Å². The summed E-state index contributed by atoms with van der Waals surface area (Å²) in [5.74, 6) is 0.645. The van der Waals surface area contributed by atoms with Gasteiger partial charge in [-0.1, -0.05) is 25.1 Å². The van der Waals surface area contributed by atoms with Crippen molar-refractivity contribution in [3.63, 3.8) is 0 Å². The van der Waals surface area contributed by atoms with E-state index in [-0.39, 0.29) is 30.4 Å². The molecular weight excluding hydrogens is 340 g/mol. The van der Waals surface area contributed by atoms with Gasteiger partial charge in [-0.2, -0.15) is 0 Å². The van der Waals surface area contributed by atoms with Gasteiger partial charge in [0.05, 0.1) is 11.3 Å². The van der Waals surface area contributed by atoms with Crippen molar-refractivity contribution >= 4 is 21.6 Å². The Morgan fingerprint density at radius 3 is 2.80 bits per heavy atom. The lowest BCUT2D eigenvalue weighted by atomic mass is 10.1. The number of anilines is 1. The summed E-state index contributed by atoms with van der Waals surface area (Å²) in [5.41, 5.74) is 2.45. The van der Waals surface area contributed by atoms with E-state index in [1.165, 1.54) is 12.1 Å². The van der Waals surface area contributed by atoms with E-state index in [0.29, 0.717) is 11.3 Å². The van der Waals surface area contributed by atoms with Gasteiger partial charge in [0.1, 0.15) is 12.4 Å². The second-order valence-corrected chi connectivity index (χ2v) is 7.52. The van der Waals surface area contributed by atoms with Gasteiger partial charge in [-0.3, -0.25) is 4.79 Å². The van der Waals surface area contributed by atoms with Crippen LogP contribution in [0.1, 0.15) is 18.1 Å². The number of fused-ring (bicyclic) bond motifs is 1. The lowest BCUT2D eigenvalue weighted by Crippen LogP contribution is -2.28. The van der Waals surface area contributed by atoms with Gasteiger partial charge in [0, 0.05) is 12.2 Å². The zero-order valence-corrected chi connectivity index (χ0v) is 14.7. The summed E-state index contributed by atoms with van der Waals surface area (Å²) < 4.78 is 32.9. The molecule has 2 N–H and O–H groups in total. The van der Waals surface area contributed by atoms with Gasteiger partial charge in [-0.15, -0.1) is 0 Å². The number of sulfonamides is 1. The number of benzene rings is 2. The zero-order chi connectivity index (χ0) is 17.9. The molecular formula is C18H20N2O4S. The highest BCUT2D eigenvalue weighted by atomic mass is 32.2. The molecule has 7 heteroatoms. The van der Waals surface area contributed by atoms with Crippen molar-refractivity contribution in [2.45, 2.75) is 24.7 Å². The SMILES string of the molecule is CCc1ccccc1OCCNS(=O)(=O)c1ccc2c(c1)CC(=O)N2. The first-order chi connectivity index (χ1) is 12.0. The molecule has 0 aromatic heterocycles. The van der Waals surface area contributed by atoms with Crippen LogP contribution in [0.25, 0.3) is 0 Å². The van der Waals surface area contributed by atoms with Crippen molar-refractivity contribution in [1.29, 1.82) is 0 Å². The predicted molar refractivity (Wildman–Crippen MR) is 95.3 cm³/mol. The molecule has 0 spiro atoms. The van der Waals surface area contributed by atoms with E-state index in [2.05, 4.69) is 10.0 Å². The molecule has 25 heavy (non-hydrogen) atoms. The lowest BCUT2D eigenvalue weighted by Gasteiger charge is -2.11. The van der Waals surface area contributed by atoms with E-state index in [1.807, 2.05) is 31.2 Å². The highest BCUT2D eigenvalue weighted by Gasteiger charge is 2.21. The number of nitrogens with one attached hydrogen (secondary N) is 2. The summed E-state index contributed by atoms with van der Waals surface area (Å²) in [6.07, 6.45) is 1.05. The molecule has 0 saturated carbocycles. The minimum absolute atomic E-state index is 0.125. The summed E-state index contributed by atoms with van der Waals surface area (Å²) in [6, 6.07) is 12.3. The maximum absolute atomic E-state index is 12.4. The summed E-state index contributed by atoms with van der Waals surface area (Å²) in [7, 11) is -3.64. The van der Waals surface area contributed by atoms with Crippen LogP contribution in [0.15, 0.2) is 47.4 Å². The molecule has 0 radical (unpaired) electrons. The van der Waals surface area contributed by atoms with E-state index in [4.69, 9.17) is 4.74 Å². The fourth-order valence-corrected chi connectivity index (χ4v) is 3.79. The minimum atomic E-state index is -3.64. The van der Waals surface area contributed by atoms with E-state index in [1.54, 1.807) is 6.07 Å². The van der Waals surface area contributed by atoms with E-state index >= 15 is 0 Å². The van der Waals surface area contributed by atoms with Crippen LogP contribution in [0.5, 0.6) is 5.75 Å². The molecule has 1 amide bonds. The van der Waals surface area contributed by atoms with Crippen LogP contribution in [-0.4, -0.2) is 27.5 Å².